The first-order valence-electron chi connectivity index (χ1n) is 11.3. The number of nitriles is 1. The number of thiophene rings is 1. The van der Waals surface area contributed by atoms with Crippen LogP contribution in [0.5, 0.6) is 0 Å². The van der Waals surface area contributed by atoms with Gasteiger partial charge in [-0.05, 0) is 30.9 Å². The zero-order valence-corrected chi connectivity index (χ0v) is 19.9. The molecule has 1 aliphatic rings. The quantitative estimate of drug-likeness (QED) is 0.473. The first-order valence-corrected chi connectivity index (χ1v) is 12.2. The Kier molecular flexibility index (Phi) is 7.57. The number of aromatic nitrogens is 2. The van der Waals surface area contributed by atoms with Gasteiger partial charge in [0.15, 0.2) is 0 Å². The van der Waals surface area contributed by atoms with E-state index in [2.05, 4.69) is 11.4 Å². The number of piperidine rings is 1. The molecule has 1 atom stereocenters. The molecule has 3 heterocycles. The first kappa shape index (κ1) is 23.9. The molecule has 3 N–H and O–H groups in total. The Bertz CT molecular complexity index is 1280. The number of amides is 1. The number of nitrogens with zero attached hydrogens (tertiary/aromatic N) is 4. The molecule has 34 heavy (non-hydrogen) atoms. The van der Waals surface area contributed by atoms with Gasteiger partial charge in [0.25, 0.3) is 11.5 Å². The molecule has 1 aromatic carbocycles. The number of methoxy groups -OCH3 is 1. The lowest BCUT2D eigenvalue weighted by atomic mass is 10.1. The minimum absolute atomic E-state index is 0.0211. The van der Waals surface area contributed by atoms with Gasteiger partial charge in [0.05, 0.1) is 23.7 Å². The number of anilines is 1. The van der Waals surface area contributed by atoms with Crippen LogP contribution in [-0.4, -0.2) is 54.9 Å². The van der Waals surface area contributed by atoms with E-state index >= 15 is 0 Å². The SMILES string of the molecule is COCCCNC(=O)c1csc2c(=O)n(Cc3ccccc3C#N)c(N3CCCC(N)C3)nc12. The van der Waals surface area contributed by atoms with Crippen molar-refractivity contribution in [3.8, 4) is 6.07 Å². The van der Waals surface area contributed by atoms with Gasteiger partial charge in [0.2, 0.25) is 5.95 Å². The zero-order chi connectivity index (χ0) is 24.1. The molecule has 178 valence electrons. The Morgan fingerprint density at radius 3 is 3.00 bits per heavy atom. The number of carbonyl (C=O) groups excluding carboxylic acids is 1. The summed E-state index contributed by atoms with van der Waals surface area (Å²) >= 11 is 1.21. The highest BCUT2D eigenvalue weighted by atomic mass is 32.1. The highest BCUT2D eigenvalue weighted by Gasteiger charge is 2.25. The van der Waals surface area contributed by atoms with E-state index in [-0.39, 0.29) is 24.1 Å². The van der Waals surface area contributed by atoms with E-state index in [1.54, 1.807) is 29.2 Å². The molecule has 0 spiro atoms. The van der Waals surface area contributed by atoms with E-state index in [1.165, 1.54) is 11.3 Å². The lowest BCUT2D eigenvalue weighted by molar-refractivity contribution is 0.0950. The molecule has 1 fully saturated rings. The van der Waals surface area contributed by atoms with Gasteiger partial charge < -0.3 is 20.7 Å². The van der Waals surface area contributed by atoms with E-state index in [1.807, 2.05) is 17.0 Å². The summed E-state index contributed by atoms with van der Waals surface area (Å²) in [5, 5.41) is 14.1. The monoisotopic (exact) mass is 480 g/mol. The fraction of sp³-hybridized carbons (Fsp3) is 0.417. The lowest BCUT2D eigenvalue weighted by Crippen LogP contribution is -2.45. The van der Waals surface area contributed by atoms with Crippen molar-refractivity contribution in [2.45, 2.75) is 31.8 Å². The van der Waals surface area contributed by atoms with Gasteiger partial charge in [-0.2, -0.15) is 5.26 Å². The predicted octanol–water partition coefficient (Wildman–Crippen LogP) is 2.07. The maximum atomic E-state index is 13.7. The van der Waals surface area contributed by atoms with Crippen LogP contribution in [0.3, 0.4) is 0 Å². The van der Waals surface area contributed by atoms with Gasteiger partial charge in [-0.3, -0.25) is 14.2 Å². The Morgan fingerprint density at radius 2 is 2.24 bits per heavy atom. The molecule has 1 saturated heterocycles. The molecule has 9 nitrogen and oxygen atoms in total. The molecule has 0 aliphatic carbocycles. The summed E-state index contributed by atoms with van der Waals surface area (Å²) in [6.07, 6.45) is 2.49. The summed E-state index contributed by atoms with van der Waals surface area (Å²) in [7, 11) is 1.62. The maximum absolute atomic E-state index is 13.7. The molecule has 1 unspecified atom stereocenters. The summed E-state index contributed by atoms with van der Waals surface area (Å²) in [6.45, 7) is 2.52. The van der Waals surface area contributed by atoms with E-state index in [9.17, 15) is 14.9 Å². The standard InChI is InChI=1S/C24H28N6O3S/c1-33-11-5-9-27-22(31)19-15-34-21-20(19)28-24(29-10-4-8-18(26)14-29)30(23(21)32)13-17-7-3-2-6-16(17)12-25/h2-3,6-7,15,18H,4-5,8-11,13-14,26H2,1H3,(H,27,31). The number of hydrogen-bond donors (Lipinski definition) is 2. The smallest absolute Gasteiger partial charge is 0.273 e. The molecule has 0 saturated carbocycles. The fourth-order valence-electron chi connectivity index (χ4n) is 4.18. The highest BCUT2D eigenvalue weighted by Crippen LogP contribution is 2.26. The molecule has 0 radical (unpaired) electrons. The maximum Gasteiger partial charge on any atom is 0.273 e. The van der Waals surface area contributed by atoms with Gasteiger partial charge in [-0.1, -0.05) is 18.2 Å². The third-order valence-electron chi connectivity index (χ3n) is 5.92. The zero-order valence-electron chi connectivity index (χ0n) is 19.1. The van der Waals surface area contributed by atoms with Crippen molar-refractivity contribution in [3.63, 3.8) is 0 Å². The van der Waals surface area contributed by atoms with Gasteiger partial charge in [0.1, 0.15) is 10.2 Å². The second kappa shape index (κ2) is 10.8. The molecule has 1 amide bonds. The van der Waals surface area contributed by atoms with Crippen molar-refractivity contribution in [3.05, 3.63) is 56.7 Å². The predicted molar refractivity (Wildman–Crippen MR) is 132 cm³/mol. The Labute approximate surface area is 201 Å². The van der Waals surface area contributed by atoms with Gasteiger partial charge in [-0.15, -0.1) is 11.3 Å². The average molecular weight is 481 g/mol. The number of carbonyl (C=O) groups is 1. The highest BCUT2D eigenvalue weighted by molar-refractivity contribution is 7.17. The molecule has 1 aliphatic heterocycles. The van der Waals surface area contributed by atoms with Crippen LogP contribution in [-0.2, 0) is 11.3 Å². The third-order valence-corrected chi connectivity index (χ3v) is 6.88. The van der Waals surface area contributed by atoms with Crippen LogP contribution < -0.4 is 21.5 Å². The van der Waals surface area contributed by atoms with Crippen molar-refractivity contribution >= 4 is 33.4 Å². The van der Waals surface area contributed by atoms with Crippen molar-refractivity contribution in [2.75, 3.05) is 38.3 Å². The number of fused-ring (bicyclic) bond motifs is 1. The largest absolute Gasteiger partial charge is 0.385 e. The number of benzene rings is 1. The molecule has 3 aromatic rings. The van der Waals surface area contributed by atoms with Crippen LogP contribution in [0.1, 0.15) is 40.7 Å². The fourth-order valence-corrected chi connectivity index (χ4v) is 5.11. The number of rotatable bonds is 8. The second-order valence-corrected chi connectivity index (χ2v) is 9.23. The molecule has 2 aromatic heterocycles. The number of nitrogens with one attached hydrogen (secondary N) is 1. The average Bonchev–Trinajstić information content (AvgIpc) is 3.28. The lowest BCUT2D eigenvalue weighted by Gasteiger charge is -2.33. The van der Waals surface area contributed by atoms with Crippen LogP contribution in [0.15, 0.2) is 34.4 Å². The first-order chi connectivity index (χ1) is 16.5. The third kappa shape index (κ3) is 4.97. The van der Waals surface area contributed by atoms with Crippen molar-refractivity contribution < 1.29 is 9.53 Å². The van der Waals surface area contributed by atoms with Crippen molar-refractivity contribution in [1.29, 1.82) is 5.26 Å². The van der Waals surface area contributed by atoms with Crippen LogP contribution >= 0.6 is 11.3 Å². The summed E-state index contributed by atoms with van der Waals surface area (Å²) in [5.41, 5.74) is 8.04. The van der Waals surface area contributed by atoms with Gasteiger partial charge in [0, 0.05) is 44.8 Å². The van der Waals surface area contributed by atoms with E-state index < -0.39 is 0 Å². The van der Waals surface area contributed by atoms with Crippen LogP contribution in [0.2, 0.25) is 0 Å². The van der Waals surface area contributed by atoms with Gasteiger partial charge >= 0.3 is 0 Å². The number of nitrogens with two attached hydrogens (primary N) is 1. The summed E-state index contributed by atoms with van der Waals surface area (Å²) in [5.74, 6) is 0.218. The molecular formula is C24H28N6O3S. The Hall–Kier alpha value is -3.26. The summed E-state index contributed by atoms with van der Waals surface area (Å²) in [4.78, 5) is 33.3. The Balaban J connectivity index is 1.78. The van der Waals surface area contributed by atoms with Crippen LogP contribution in [0, 0.1) is 11.3 Å². The number of hydrogen-bond acceptors (Lipinski definition) is 8. The minimum Gasteiger partial charge on any atom is -0.385 e. The van der Waals surface area contributed by atoms with Crippen molar-refractivity contribution in [1.82, 2.24) is 14.9 Å². The second-order valence-electron chi connectivity index (χ2n) is 8.35. The normalized spacial score (nSPS) is 15.9. The topological polar surface area (TPSA) is 126 Å². The van der Waals surface area contributed by atoms with Crippen molar-refractivity contribution in [2.24, 2.45) is 5.73 Å². The minimum atomic E-state index is -0.261. The Morgan fingerprint density at radius 1 is 1.41 bits per heavy atom. The number of ether oxygens (including phenoxy) is 1. The summed E-state index contributed by atoms with van der Waals surface area (Å²) < 4.78 is 7.05. The van der Waals surface area contributed by atoms with E-state index in [4.69, 9.17) is 15.5 Å². The van der Waals surface area contributed by atoms with Crippen LogP contribution in [0.4, 0.5) is 5.95 Å². The molecule has 0 bridgehead atoms. The molecule has 10 heteroatoms. The van der Waals surface area contributed by atoms with Gasteiger partial charge in [-0.25, -0.2) is 4.98 Å². The van der Waals surface area contributed by atoms with Crippen LogP contribution in [0.25, 0.3) is 10.2 Å². The molecule has 4 rings (SSSR count). The summed E-state index contributed by atoms with van der Waals surface area (Å²) in [6, 6.07) is 9.40. The van der Waals surface area contributed by atoms with E-state index in [0.29, 0.717) is 60.0 Å². The van der Waals surface area contributed by atoms with E-state index in [0.717, 1.165) is 18.4 Å². The molecular weight excluding hydrogens is 452 g/mol.